The molecule has 0 spiro atoms. The van der Waals surface area contributed by atoms with Gasteiger partial charge in [0.25, 0.3) is 0 Å². The lowest BCUT2D eigenvalue weighted by molar-refractivity contribution is -0.693. The van der Waals surface area contributed by atoms with Crippen molar-refractivity contribution in [2.75, 3.05) is 0 Å². The third kappa shape index (κ3) is 5.59. The summed E-state index contributed by atoms with van der Waals surface area (Å²) >= 11 is 0. The number of rotatable bonds is 1. The molecule has 0 unspecified atom stereocenters. The minimum absolute atomic E-state index is 0. The van der Waals surface area contributed by atoms with Crippen LogP contribution in [-0.2, 0) is 6.54 Å². The Morgan fingerprint density at radius 1 is 1.00 bits per heavy atom. The summed E-state index contributed by atoms with van der Waals surface area (Å²) in [6.45, 7) is 3.18. The van der Waals surface area contributed by atoms with Gasteiger partial charge in [0.05, 0.1) is 0 Å². The highest BCUT2D eigenvalue weighted by Crippen LogP contribution is 1.74. The summed E-state index contributed by atoms with van der Waals surface area (Å²) in [6, 6.07) is 6.08. The monoisotopic (exact) mass is 155 g/mol. The Kier molecular flexibility index (Phi) is 13.8. The highest BCUT2D eigenvalue weighted by molar-refractivity contribution is 4.83. The van der Waals surface area contributed by atoms with Crippen molar-refractivity contribution in [1.29, 1.82) is 0 Å². The van der Waals surface area contributed by atoms with Gasteiger partial charge in [-0.1, -0.05) is 20.9 Å². The Bertz CT molecular complexity index is 146. The van der Waals surface area contributed by atoms with Gasteiger partial charge < -0.3 is 7.43 Å². The molecule has 0 radical (unpaired) electrons. The third-order valence-electron chi connectivity index (χ3n) is 1.14. The standard InChI is InChI=1S/C7H10N.2CH4.CH3/c1-2-8-6-4-3-5-7-8;;;/h3-7H,2H2,1H3;2*1H4;1H3/q+1;;;-1. The molecule has 0 aliphatic rings. The van der Waals surface area contributed by atoms with E-state index in [1.165, 1.54) is 0 Å². The molecule has 0 aromatic carbocycles. The average Bonchev–Trinajstić information content (AvgIpc) is 1.90. The molecule has 1 rings (SSSR count). The zero-order chi connectivity index (χ0) is 5.82. The summed E-state index contributed by atoms with van der Waals surface area (Å²) in [5.41, 5.74) is 0. The SMILES string of the molecule is C.C.CC[n+]1ccccc1.[CH3-]. The van der Waals surface area contributed by atoms with Gasteiger partial charge in [-0.25, -0.2) is 4.57 Å². The normalized spacial score (nSPS) is 6.64. The lowest BCUT2D eigenvalue weighted by atomic mass is 10.5. The predicted molar refractivity (Wildman–Crippen MR) is 52.2 cm³/mol. The molecule has 0 aliphatic heterocycles. The van der Waals surface area contributed by atoms with Gasteiger partial charge in [0.15, 0.2) is 12.4 Å². The second-order valence-electron chi connectivity index (χ2n) is 1.71. The molecule has 0 N–H and O–H groups in total. The summed E-state index contributed by atoms with van der Waals surface area (Å²) in [6.07, 6.45) is 4.11. The molecule has 0 bridgehead atoms. The first-order chi connectivity index (χ1) is 3.93. The largest absolute Gasteiger partial charge is 0.358 e. The fraction of sp³-hybridized carbons (Fsp3) is 0.400. The van der Waals surface area contributed by atoms with Crippen molar-refractivity contribution in [2.24, 2.45) is 0 Å². The molecule has 1 nitrogen and oxygen atoms in total. The molecule has 1 aromatic heterocycles. The average molecular weight is 155 g/mol. The van der Waals surface area contributed by atoms with Gasteiger partial charge in [-0.3, -0.25) is 0 Å². The molecule has 66 valence electrons. The Hall–Kier alpha value is -0.850. The molecule has 0 atom stereocenters. The number of nitrogens with zero attached hydrogens (tertiary/aromatic N) is 1. The maximum atomic E-state index is 2.12. The minimum Gasteiger partial charge on any atom is -0.358 e. The van der Waals surface area contributed by atoms with Crippen LogP contribution in [-0.4, -0.2) is 0 Å². The van der Waals surface area contributed by atoms with Crippen LogP contribution in [0.25, 0.3) is 0 Å². The summed E-state index contributed by atoms with van der Waals surface area (Å²) in [4.78, 5) is 0. The van der Waals surface area contributed by atoms with E-state index in [0.29, 0.717) is 0 Å². The summed E-state index contributed by atoms with van der Waals surface area (Å²) in [7, 11) is 0. The van der Waals surface area contributed by atoms with Crippen molar-refractivity contribution >= 4 is 0 Å². The first-order valence-electron chi connectivity index (χ1n) is 2.87. The maximum absolute atomic E-state index is 2.12. The van der Waals surface area contributed by atoms with Gasteiger partial charge in [-0.2, -0.15) is 0 Å². The Morgan fingerprint density at radius 3 is 1.73 bits per heavy atom. The molecular weight excluding hydrogens is 134 g/mol. The van der Waals surface area contributed by atoms with Crippen LogP contribution < -0.4 is 4.57 Å². The van der Waals surface area contributed by atoms with Crippen molar-refractivity contribution in [3.63, 3.8) is 0 Å². The fourth-order valence-electron chi connectivity index (χ4n) is 0.645. The van der Waals surface area contributed by atoms with Gasteiger partial charge in [-0.15, -0.1) is 0 Å². The van der Waals surface area contributed by atoms with Crippen molar-refractivity contribution in [3.8, 4) is 0 Å². The second-order valence-corrected chi connectivity index (χ2v) is 1.71. The molecular formula is C10H21N. The van der Waals surface area contributed by atoms with Crippen LogP contribution >= 0.6 is 0 Å². The Balaban J connectivity index is -0.000000213. The van der Waals surface area contributed by atoms with Crippen molar-refractivity contribution in [1.82, 2.24) is 0 Å². The van der Waals surface area contributed by atoms with E-state index in [2.05, 4.69) is 23.9 Å². The summed E-state index contributed by atoms with van der Waals surface area (Å²) in [5.74, 6) is 0. The van der Waals surface area contributed by atoms with Crippen LogP contribution in [0.2, 0.25) is 0 Å². The minimum atomic E-state index is 0. The number of aromatic nitrogens is 1. The third-order valence-corrected chi connectivity index (χ3v) is 1.14. The van der Waals surface area contributed by atoms with Gasteiger partial charge in [0.2, 0.25) is 0 Å². The molecule has 0 saturated carbocycles. The molecule has 0 fully saturated rings. The number of pyridine rings is 1. The number of hydrogen-bond donors (Lipinski definition) is 0. The van der Waals surface area contributed by atoms with Crippen LogP contribution in [0.5, 0.6) is 0 Å². The van der Waals surface area contributed by atoms with Crippen molar-refractivity contribution in [3.05, 3.63) is 38.0 Å². The van der Waals surface area contributed by atoms with Crippen LogP contribution in [0.3, 0.4) is 0 Å². The number of hydrogen-bond acceptors (Lipinski definition) is 0. The maximum Gasteiger partial charge on any atom is 0.168 e. The van der Waals surface area contributed by atoms with Crippen LogP contribution in [0, 0.1) is 7.43 Å². The molecule has 0 aliphatic carbocycles. The van der Waals surface area contributed by atoms with Gasteiger partial charge in [-0.05, 0) is 6.92 Å². The topological polar surface area (TPSA) is 3.88 Å². The van der Waals surface area contributed by atoms with E-state index in [4.69, 9.17) is 0 Å². The first-order valence-corrected chi connectivity index (χ1v) is 2.87. The molecule has 1 aromatic rings. The van der Waals surface area contributed by atoms with E-state index >= 15 is 0 Å². The highest BCUT2D eigenvalue weighted by atomic mass is 14.9. The van der Waals surface area contributed by atoms with E-state index in [1.807, 2.05) is 18.2 Å². The van der Waals surface area contributed by atoms with E-state index in [1.54, 1.807) is 0 Å². The zero-order valence-electron chi connectivity index (χ0n) is 6.04. The lowest BCUT2D eigenvalue weighted by Crippen LogP contribution is -2.30. The van der Waals surface area contributed by atoms with E-state index < -0.39 is 0 Å². The molecule has 0 amide bonds. The summed E-state index contributed by atoms with van der Waals surface area (Å²) < 4.78 is 2.12. The van der Waals surface area contributed by atoms with Gasteiger partial charge >= 0.3 is 0 Å². The smallest absolute Gasteiger partial charge is 0.168 e. The van der Waals surface area contributed by atoms with Crippen molar-refractivity contribution < 1.29 is 4.57 Å². The van der Waals surface area contributed by atoms with Crippen molar-refractivity contribution in [2.45, 2.75) is 28.3 Å². The van der Waals surface area contributed by atoms with E-state index in [9.17, 15) is 0 Å². The van der Waals surface area contributed by atoms with Crippen LogP contribution in [0.4, 0.5) is 0 Å². The fourth-order valence-corrected chi connectivity index (χ4v) is 0.645. The molecule has 11 heavy (non-hydrogen) atoms. The first kappa shape index (κ1) is 16.6. The molecule has 1 heterocycles. The molecule has 0 saturated heterocycles. The second kappa shape index (κ2) is 9.15. The highest BCUT2D eigenvalue weighted by Gasteiger charge is 1.86. The molecule has 1 heteroatoms. The lowest BCUT2D eigenvalue weighted by Gasteiger charge is -1.84. The van der Waals surface area contributed by atoms with Crippen LogP contribution in [0.15, 0.2) is 30.6 Å². The summed E-state index contributed by atoms with van der Waals surface area (Å²) in [5, 5.41) is 0. The predicted octanol–water partition coefficient (Wildman–Crippen LogP) is 2.72. The van der Waals surface area contributed by atoms with Gasteiger partial charge in [0.1, 0.15) is 6.54 Å². The quantitative estimate of drug-likeness (QED) is 0.433. The van der Waals surface area contributed by atoms with E-state index in [0.717, 1.165) is 6.54 Å². The van der Waals surface area contributed by atoms with Crippen LogP contribution in [0.1, 0.15) is 21.8 Å². The Morgan fingerprint density at radius 2 is 1.45 bits per heavy atom. The Labute approximate surface area is 71.7 Å². The van der Waals surface area contributed by atoms with E-state index in [-0.39, 0.29) is 22.3 Å². The zero-order valence-corrected chi connectivity index (χ0v) is 6.04. The number of aryl methyl sites for hydroxylation is 1. The van der Waals surface area contributed by atoms with Gasteiger partial charge in [0, 0.05) is 12.1 Å².